The van der Waals surface area contributed by atoms with Gasteiger partial charge in [0.1, 0.15) is 0 Å². The molecular weight excluding hydrogens is 224 g/mol. The van der Waals surface area contributed by atoms with E-state index in [0.29, 0.717) is 12.5 Å². The highest BCUT2D eigenvalue weighted by Crippen LogP contribution is 2.48. The zero-order chi connectivity index (χ0) is 13.0. The lowest BCUT2D eigenvalue weighted by Gasteiger charge is -2.18. The van der Waals surface area contributed by atoms with Gasteiger partial charge in [0.05, 0.1) is 5.41 Å². The maximum Gasteiger partial charge on any atom is 0.230 e. The minimum absolute atomic E-state index is 0.178. The summed E-state index contributed by atoms with van der Waals surface area (Å²) in [4.78, 5) is 12.3. The van der Waals surface area contributed by atoms with Crippen molar-refractivity contribution in [3.63, 3.8) is 0 Å². The number of rotatable bonds is 6. The number of benzene rings is 1. The van der Waals surface area contributed by atoms with Crippen molar-refractivity contribution < 1.29 is 4.79 Å². The fraction of sp³-hybridized carbons (Fsp3) is 0.533. The van der Waals surface area contributed by atoms with Crippen molar-refractivity contribution in [2.45, 2.75) is 31.6 Å². The van der Waals surface area contributed by atoms with Gasteiger partial charge in [0.2, 0.25) is 5.91 Å². The minimum atomic E-state index is -0.246. The van der Waals surface area contributed by atoms with E-state index < -0.39 is 0 Å². The lowest BCUT2D eigenvalue weighted by atomic mass is 9.95. The fourth-order valence-electron chi connectivity index (χ4n) is 2.35. The standard InChI is InChI=1S/C15H22N2O/c1-12(7-10-16)11-17-14(18)15(8-9-15)13-5-3-2-4-6-13/h2-6,12H,7-11,16H2,1H3,(H,17,18). The number of carbonyl (C=O) groups excluding carboxylic acids is 1. The Hall–Kier alpha value is -1.35. The second-order valence-electron chi connectivity index (χ2n) is 5.34. The van der Waals surface area contributed by atoms with Crippen LogP contribution in [0.2, 0.25) is 0 Å². The van der Waals surface area contributed by atoms with Crippen LogP contribution in [-0.2, 0) is 10.2 Å². The number of amides is 1. The molecule has 18 heavy (non-hydrogen) atoms. The minimum Gasteiger partial charge on any atom is -0.355 e. The highest BCUT2D eigenvalue weighted by atomic mass is 16.2. The fourth-order valence-corrected chi connectivity index (χ4v) is 2.35. The van der Waals surface area contributed by atoms with Gasteiger partial charge >= 0.3 is 0 Å². The summed E-state index contributed by atoms with van der Waals surface area (Å²) < 4.78 is 0. The number of hydrogen-bond acceptors (Lipinski definition) is 2. The molecular formula is C15H22N2O. The van der Waals surface area contributed by atoms with Crippen LogP contribution in [0.5, 0.6) is 0 Å². The summed E-state index contributed by atoms with van der Waals surface area (Å²) >= 11 is 0. The van der Waals surface area contributed by atoms with Crippen LogP contribution in [0, 0.1) is 5.92 Å². The summed E-state index contributed by atoms with van der Waals surface area (Å²) in [5.74, 6) is 0.628. The highest BCUT2D eigenvalue weighted by molar-refractivity contribution is 5.91. The molecule has 1 atom stereocenters. The topological polar surface area (TPSA) is 55.1 Å². The van der Waals surface area contributed by atoms with Gasteiger partial charge in [-0.15, -0.1) is 0 Å². The predicted octanol–water partition coefficient (Wildman–Crippen LogP) is 1.82. The van der Waals surface area contributed by atoms with Gasteiger partial charge in [-0.2, -0.15) is 0 Å². The molecule has 98 valence electrons. The van der Waals surface area contributed by atoms with E-state index in [4.69, 9.17) is 5.73 Å². The van der Waals surface area contributed by atoms with Gasteiger partial charge in [-0.05, 0) is 37.3 Å². The summed E-state index contributed by atoms with van der Waals surface area (Å²) in [7, 11) is 0. The van der Waals surface area contributed by atoms with Crippen LogP contribution in [-0.4, -0.2) is 19.0 Å². The second kappa shape index (κ2) is 5.53. The molecule has 1 aliphatic carbocycles. The van der Waals surface area contributed by atoms with Gasteiger partial charge in [0, 0.05) is 6.54 Å². The van der Waals surface area contributed by atoms with Crippen molar-refractivity contribution >= 4 is 5.91 Å². The number of carbonyl (C=O) groups is 1. The first-order valence-electron chi connectivity index (χ1n) is 6.73. The summed E-state index contributed by atoms with van der Waals surface area (Å²) in [6.07, 6.45) is 2.89. The van der Waals surface area contributed by atoms with Gasteiger partial charge in [0.25, 0.3) is 0 Å². The lowest BCUT2D eigenvalue weighted by Crippen LogP contribution is -2.37. The monoisotopic (exact) mass is 246 g/mol. The van der Waals surface area contributed by atoms with Crippen molar-refractivity contribution in [3.05, 3.63) is 35.9 Å². The maximum atomic E-state index is 12.3. The first kappa shape index (κ1) is 13.1. The summed E-state index contributed by atoms with van der Waals surface area (Å²) in [5.41, 5.74) is 6.41. The molecule has 0 radical (unpaired) electrons. The predicted molar refractivity (Wildman–Crippen MR) is 73.2 cm³/mol. The van der Waals surface area contributed by atoms with E-state index in [0.717, 1.165) is 31.4 Å². The smallest absolute Gasteiger partial charge is 0.230 e. The molecule has 3 heteroatoms. The van der Waals surface area contributed by atoms with Crippen molar-refractivity contribution in [2.24, 2.45) is 11.7 Å². The number of nitrogens with two attached hydrogens (primary N) is 1. The van der Waals surface area contributed by atoms with Gasteiger partial charge in [-0.25, -0.2) is 0 Å². The Morgan fingerprint density at radius 1 is 1.39 bits per heavy atom. The normalized spacial score (nSPS) is 18.1. The van der Waals surface area contributed by atoms with Crippen LogP contribution in [0.15, 0.2) is 30.3 Å². The van der Waals surface area contributed by atoms with Gasteiger partial charge in [-0.1, -0.05) is 37.3 Å². The van der Waals surface area contributed by atoms with Crippen LogP contribution in [0.3, 0.4) is 0 Å². The maximum absolute atomic E-state index is 12.3. The van der Waals surface area contributed by atoms with Crippen LogP contribution in [0.4, 0.5) is 0 Å². The molecule has 0 aromatic heterocycles. The Bertz CT molecular complexity index is 398. The van der Waals surface area contributed by atoms with Crippen LogP contribution < -0.4 is 11.1 Å². The molecule has 2 rings (SSSR count). The molecule has 0 spiro atoms. The third-order valence-electron chi connectivity index (χ3n) is 3.78. The molecule has 0 aliphatic heterocycles. The Balaban J connectivity index is 1.93. The highest BCUT2D eigenvalue weighted by Gasteiger charge is 2.50. The molecule has 1 amide bonds. The van der Waals surface area contributed by atoms with Gasteiger partial charge in [0.15, 0.2) is 0 Å². The Kier molecular flexibility index (Phi) is 4.02. The van der Waals surface area contributed by atoms with Crippen molar-refractivity contribution in [1.82, 2.24) is 5.32 Å². The molecule has 3 N–H and O–H groups in total. The van der Waals surface area contributed by atoms with E-state index in [1.165, 1.54) is 0 Å². The van der Waals surface area contributed by atoms with Crippen molar-refractivity contribution in [2.75, 3.05) is 13.1 Å². The number of hydrogen-bond donors (Lipinski definition) is 2. The molecule has 0 bridgehead atoms. The molecule has 1 unspecified atom stereocenters. The summed E-state index contributed by atoms with van der Waals surface area (Å²) in [6, 6.07) is 10.1. The molecule has 1 saturated carbocycles. The SMILES string of the molecule is CC(CCN)CNC(=O)C1(c2ccccc2)CC1. The zero-order valence-corrected chi connectivity index (χ0v) is 11.0. The van der Waals surface area contributed by atoms with E-state index >= 15 is 0 Å². The van der Waals surface area contributed by atoms with Crippen LogP contribution in [0.25, 0.3) is 0 Å². The third-order valence-corrected chi connectivity index (χ3v) is 3.78. The number of nitrogens with one attached hydrogen (secondary N) is 1. The quantitative estimate of drug-likeness (QED) is 0.804. The first-order chi connectivity index (χ1) is 8.69. The second-order valence-corrected chi connectivity index (χ2v) is 5.34. The average Bonchev–Trinajstić information content (AvgIpc) is 3.19. The van der Waals surface area contributed by atoms with Crippen LogP contribution >= 0.6 is 0 Å². The molecule has 0 saturated heterocycles. The van der Waals surface area contributed by atoms with E-state index in [-0.39, 0.29) is 11.3 Å². The summed E-state index contributed by atoms with van der Waals surface area (Å²) in [5, 5.41) is 3.07. The Labute approximate surface area is 109 Å². The van der Waals surface area contributed by atoms with E-state index in [1.807, 2.05) is 18.2 Å². The zero-order valence-electron chi connectivity index (χ0n) is 11.0. The van der Waals surface area contributed by atoms with Crippen molar-refractivity contribution in [3.8, 4) is 0 Å². The molecule has 1 aliphatic rings. The van der Waals surface area contributed by atoms with Crippen LogP contribution in [0.1, 0.15) is 31.7 Å². The Morgan fingerprint density at radius 3 is 2.61 bits per heavy atom. The third kappa shape index (κ3) is 2.72. The molecule has 0 heterocycles. The van der Waals surface area contributed by atoms with Gasteiger partial charge in [-0.3, -0.25) is 4.79 Å². The average molecular weight is 246 g/mol. The van der Waals surface area contributed by atoms with E-state index in [1.54, 1.807) is 0 Å². The molecule has 1 aromatic rings. The largest absolute Gasteiger partial charge is 0.355 e. The molecule has 1 fully saturated rings. The van der Waals surface area contributed by atoms with E-state index in [9.17, 15) is 4.79 Å². The first-order valence-corrected chi connectivity index (χ1v) is 6.73. The van der Waals surface area contributed by atoms with Crippen molar-refractivity contribution in [1.29, 1.82) is 0 Å². The molecule has 3 nitrogen and oxygen atoms in total. The van der Waals surface area contributed by atoms with Gasteiger partial charge < -0.3 is 11.1 Å². The Morgan fingerprint density at radius 2 is 2.06 bits per heavy atom. The lowest BCUT2D eigenvalue weighted by molar-refractivity contribution is -0.123. The molecule has 1 aromatic carbocycles. The van der Waals surface area contributed by atoms with E-state index in [2.05, 4.69) is 24.4 Å². The summed E-state index contributed by atoms with van der Waals surface area (Å²) in [6.45, 7) is 3.53.